The molecule has 1 fully saturated rings. The maximum atomic E-state index is 5.86. The summed E-state index contributed by atoms with van der Waals surface area (Å²) >= 11 is 0. The van der Waals surface area contributed by atoms with Gasteiger partial charge in [-0.2, -0.15) is 0 Å². The van der Waals surface area contributed by atoms with Crippen LogP contribution in [0.25, 0.3) is 0 Å². The molecule has 0 aromatic rings. The minimum Gasteiger partial charge on any atom is -0.328 e. The number of nitrogens with two attached hydrogens (primary N) is 1. The minimum atomic E-state index is 0.426. The molecule has 78 valence electrons. The maximum Gasteiger partial charge on any atom is 0.00922 e. The van der Waals surface area contributed by atoms with E-state index in [-0.39, 0.29) is 0 Å². The Hall–Kier alpha value is -0.0800. The molecule has 2 heteroatoms. The molecule has 1 aliphatic carbocycles. The highest BCUT2D eigenvalue weighted by Crippen LogP contribution is 2.23. The first-order valence-electron chi connectivity index (χ1n) is 5.70. The van der Waals surface area contributed by atoms with Crippen molar-refractivity contribution in [3.63, 3.8) is 0 Å². The zero-order chi connectivity index (χ0) is 9.68. The van der Waals surface area contributed by atoms with Crippen molar-refractivity contribution in [2.75, 3.05) is 13.6 Å². The summed E-state index contributed by atoms with van der Waals surface area (Å²) in [5, 5.41) is 0. The van der Waals surface area contributed by atoms with Gasteiger partial charge in [0.15, 0.2) is 0 Å². The van der Waals surface area contributed by atoms with Crippen LogP contribution in [0.15, 0.2) is 0 Å². The van der Waals surface area contributed by atoms with Crippen molar-refractivity contribution < 1.29 is 0 Å². The molecule has 0 bridgehead atoms. The predicted molar refractivity (Wildman–Crippen MR) is 57.8 cm³/mol. The van der Waals surface area contributed by atoms with E-state index in [0.29, 0.717) is 6.04 Å². The lowest BCUT2D eigenvalue weighted by atomic mass is 9.91. The van der Waals surface area contributed by atoms with E-state index in [2.05, 4.69) is 18.9 Å². The van der Waals surface area contributed by atoms with Crippen molar-refractivity contribution in [1.82, 2.24) is 4.90 Å². The lowest BCUT2D eigenvalue weighted by Gasteiger charge is -2.34. The molecule has 1 rings (SSSR count). The molecule has 0 radical (unpaired) electrons. The number of nitrogens with zero attached hydrogens (tertiary/aromatic N) is 1. The molecule has 0 aliphatic heterocycles. The Morgan fingerprint density at radius 2 is 2.15 bits per heavy atom. The molecule has 0 amide bonds. The van der Waals surface area contributed by atoms with Crippen molar-refractivity contribution in [1.29, 1.82) is 0 Å². The summed E-state index contributed by atoms with van der Waals surface area (Å²) in [6, 6.07) is 1.31. The summed E-state index contributed by atoms with van der Waals surface area (Å²) in [4.78, 5) is 2.51. The van der Waals surface area contributed by atoms with E-state index in [0.717, 1.165) is 12.5 Å². The van der Waals surface area contributed by atoms with Gasteiger partial charge in [0, 0.05) is 12.1 Å². The van der Waals surface area contributed by atoms with E-state index in [1.165, 1.54) is 38.6 Å². The second-order valence-electron chi connectivity index (χ2n) is 4.38. The van der Waals surface area contributed by atoms with Gasteiger partial charge in [0.05, 0.1) is 0 Å². The Balaban J connectivity index is 1.98. The van der Waals surface area contributed by atoms with Gasteiger partial charge >= 0.3 is 0 Å². The molecule has 0 spiro atoms. The smallest absolute Gasteiger partial charge is 0.00922 e. The predicted octanol–water partition coefficient (Wildman–Crippen LogP) is 1.99. The maximum absolute atomic E-state index is 5.86. The largest absolute Gasteiger partial charge is 0.328 e. The van der Waals surface area contributed by atoms with Crippen LogP contribution in [0.1, 0.15) is 45.4 Å². The monoisotopic (exact) mass is 184 g/mol. The molecule has 13 heavy (non-hydrogen) atoms. The highest BCUT2D eigenvalue weighted by Gasteiger charge is 2.21. The fourth-order valence-electron chi connectivity index (χ4n) is 1.82. The zero-order valence-electron chi connectivity index (χ0n) is 9.13. The SMILES string of the molecule is CCC(N)CCCN(C)C1CCC1. The fourth-order valence-corrected chi connectivity index (χ4v) is 1.82. The van der Waals surface area contributed by atoms with E-state index >= 15 is 0 Å². The lowest BCUT2D eigenvalue weighted by Crippen LogP contribution is -2.38. The molecular formula is C11H24N2. The molecule has 0 heterocycles. The van der Waals surface area contributed by atoms with E-state index in [1.807, 2.05) is 0 Å². The molecule has 1 unspecified atom stereocenters. The quantitative estimate of drug-likeness (QED) is 0.684. The third kappa shape index (κ3) is 3.65. The Labute approximate surface area is 82.5 Å². The first-order valence-corrected chi connectivity index (χ1v) is 5.70. The van der Waals surface area contributed by atoms with Crippen molar-refractivity contribution in [3.8, 4) is 0 Å². The fraction of sp³-hybridized carbons (Fsp3) is 1.00. The van der Waals surface area contributed by atoms with Gasteiger partial charge in [0.25, 0.3) is 0 Å². The van der Waals surface area contributed by atoms with Gasteiger partial charge in [0.2, 0.25) is 0 Å². The van der Waals surface area contributed by atoms with Crippen molar-refractivity contribution in [3.05, 3.63) is 0 Å². The summed E-state index contributed by atoms with van der Waals surface area (Å²) in [5.41, 5.74) is 5.86. The van der Waals surface area contributed by atoms with Crippen molar-refractivity contribution in [2.45, 2.75) is 57.5 Å². The third-order valence-electron chi connectivity index (χ3n) is 3.31. The third-order valence-corrected chi connectivity index (χ3v) is 3.31. The average molecular weight is 184 g/mol. The van der Waals surface area contributed by atoms with Crippen LogP contribution in [0.2, 0.25) is 0 Å². The molecule has 0 saturated heterocycles. The number of rotatable bonds is 6. The molecule has 1 aliphatic rings. The van der Waals surface area contributed by atoms with E-state index in [4.69, 9.17) is 5.73 Å². The van der Waals surface area contributed by atoms with Crippen LogP contribution in [0.4, 0.5) is 0 Å². The number of hydrogen-bond acceptors (Lipinski definition) is 2. The molecule has 2 nitrogen and oxygen atoms in total. The second-order valence-corrected chi connectivity index (χ2v) is 4.38. The summed E-state index contributed by atoms with van der Waals surface area (Å²) in [5.74, 6) is 0. The molecule has 0 aromatic carbocycles. The van der Waals surface area contributed by atoms with E-state index < -0.39 is 0 Å². The topological polar surface area (TPSA) is 29.3 Å². The Bertz CT molecular complexity index is 132. The first kappa shape index (κ1) is 11.0. The van der Waals surface area contributed by atoms with Crippen LogP contribution >= 0.6 is 0 Å². The van der Waals surface area contributed by atoms with Gasteiger partial charge in [-0.1, -0.05) is 13.3 Å². The van der Waals surface area contributed by atoms with Gasteiger partial charge < -0.3 is 10.6 Å². The molecular weight excluding hydrogens is 160 g/mol. The molecule has 2 N–H and O–H groups in total. The Morgan fingerprint density at radius 3 is 2.62 bits per heavy atom. The number of hydrogen-bond donors (Lipinski definition) is 1. The Kier molecular flexibility index (Phi) is 4.74. The van der Waals surface area contributed by atoms with Crippen LogP contribution in [0, 0.1) is 0 Å². The average Bonchev–Trinajstić information content (AvgIpc) is 2.01. The molecule has 0 aromatic heterocycles. The van der Waals surface area contributed by atoms with E-state index in [9.17, 15) is 0 Å². The van der Waals surface area contributed by atoms with Crippen LogP contribution < -0.4 is 5.73 Å². The summed E-state index contributed by atoms with van der Waals surface area (Å²) < 4.78 is 0. The summed E-state index contributed by atoms with van der Waals surface area (Å²) in [6.07, 6.45) is 7.83. The second kappa shape index (κ2) is 5.61. The Morgan fingerprint density at radius 1 is 1.46 bits per heavy atom. The summed E-state index contributed by atoms with van der Waals surface area (Å²) in [6.45, 7) is 3.40. The lowest BCUT2D eigenvalue weighted by molar-refractivity contribution is 0.156. The minimum absolute atomic E-state index is 0.426. The van der Waals surface area contributed by atoms with Crippen molar-refractivity contribution in [2.24, 2.45) is 5.73 Å². The van der Waals surface area contributed by atoms with Crippen molar-refractivity contribution >= 4 is 0 Å². The summed E-state index contributed by atoms with van der Waals surface area (Å²) in [7, 11) is 2.25. The van der Waals surface area contributed by atoms with Gasteiger partial charge in [-0.25, -0.2) is 0 Å². The van der Waals surface area contributed by atoms with Gasteiger partial charge in [-0.05, 0) is 45.7 Å². The van der Waals surface area contributed by atoms with Crippen LogP contribution in [0.5, 0.6) is 0 Å². The first-order chi connectivity index (χ1) is 6.24. The molecule has 1 atom stereocenters. The zero-order valence-corrected chi connectivity index (χ0v) is 9.13. The normalized spacial score (nSPS) is 20.3. The van der Waals surface area contributed by atoms with E-state index in [1.54, 1.807) is 0 Å². The van der Waals surface area contributed by atoms with Crippen LogP contribution in [-0.4, -0.2) is 30.6 Å². The van der Waals surface area contributed by atoms with Crippen LogP contribution in [-0.2, 0) is 0 Å². The highest BCUT2D eigenvalue weighted by molar-refractivity contribution is 4.77. The standard InChI is InChI=1S/C11H24N2/c1-3-10(12)6-5-9-13(2)11-7-4-8-11/h10-11H,3-9,12H2,1-2H3. The van der Waals surface area contributed by atoms with Crippen LogP contribution in [0.3, 0.4) is 0 Å². The molecule has 1 saturated carbocycles. The highest BCUT2D eigenvalue weighted by atomic mass is 15.1. The van der Waals surface area contributed by atoms with Gasteiger partial charge in [0.1, 0.15) is 0 Å². The van der Waals surface area contributed by atoms with Gasteiger partial charge in [-0.3, -0.25) is 0 Å². The van der Waals surface area contributed by atoms with Gasteiger partial charge in [-0.15, -0.1) is 0 Å².